The molecular formula is C25H27N3O3S2. The van der Waals surface area contributed by atoms with Gasteiger partial charge < -0.3 is 15.0 Å². The maximum absolute atomic E-state index is 13.1. The van der Waals surface area contributed by atoms with Gasteiger partial charge in [-0.1, -0.05) is 42.5 Å². The second kappa shape index (κ2) is 13.4. The molecule has 0 unspecified atom stereocenters. The summed E-state index contributed by atoms with van der Waals surface area (Å²) in [5, 5.41) is 16.3. The van der Waals surface area contributed by atoms with Gasteiger partial charge in [0.25, 0.3) is 0 Å². The number of carbonyl (C=O) groups is 2. The molecule has 0 spiro atoms. The molecule has 0 saturated carbocycles. The number of nitrogens with zero attached hydrogens (tertiary/aromatic N) is 2. The van der Waals surface area contributed by atoms with Crippen LogP contribution in [0.2, 0.25) is 0 Å². The van der Waals surface area contributed by atoms with Gasteiger partial charge in [-0.15, -0.1) is 22.7 Å². The SMILES string of the molecule is N#C[C@H](CCCCOC(=O)NCc1ccccc1)C(=O)N(Cc1cccs1)Cc1cccs1. The first kappa shape index (κ1) is 24.5. The number of rotatable bonds is 12. The smallest absolute Gasteiger partial charge is 0.407 e. The van der Waals surface area contributed by atoms with Crippen LogP contribution in [0.15, 0.2) is 65.4 Å². The zero-order valence-corrected chi connectivity index (χ0v) is 19.9. The highest BCUT2D eigenvalue weighted by molar-refractivity contribution is 7.10. The van der Waals surface area contributed by atoms with Gasteiger partial charge in [0.15, 0.2) is 0 Å². The zero-order valence-electron chi connectivity index (χ0n) is 18.3. The third-order valence-corrected chi connectivity index (χ3v) is 6.74. The normalized spacial score (nSPS) is 11.4. The van der Waals surface area contributed by atoms with E-state index in [1.807, 2.05) is 65.4 Å². The molecule has 1 atom stereocenters. The summed E-state index contributed by atoms with van der Waals surface area (Å²) in [5.41, 5.74) is 1.000. The number of benzene rings is 1. The van der Waals surface area contributed by atoms with Crippen molar-refractivity contribution in [1.82, 2.24) is 10.2 Å². The molecule has 0 saturated heterocycles. The van der Waals surface area contributed by atoms with Crippen LogP contribution in [0.25, 0.3) is 0 Å². The van der Waals surface area contributed by atoms with Crippen molar-refractivity contribution in [2.24, 2.45) is 5.92 Å². The zero-order chi connectivity index (χ0) is 23.3. The Morgan fingerprint density at radius 1 is 0.970 bits per heavy atom. The number of nitrogens with one attached hydrogen (secondary N) is 1. The molecule has 3 aromatic rings. The molecule has 2 heterocycles. The summed E-state index contributed by atoms with van der Waals surface area (Å²) in [4.78, 5) is 28.9. The fourth-order valence-corrected chi connectivity index (χ4v) is 4.73. The molecule has 0 bridgehead atoms. The van der Waals surface area contributed by atoms with E-state index in [2.05, 4.69) is 11.4 Å². The summed E-state index contributed by atoms with van der Waals surface area (Å²) in [6.07, 6.45) is 1.20. The molecule has 2 aromatic heterocycles. The van der Waals surface area contributed by atoms with Crippen LogP contribution in [0.3, 0.4) is 0 Å². The van der Waals surface area contributed by atoms with E-state index in [4.69, 9.17) is 4.74 Å². The minimum atomic E-state index is -0.711. The Hall–Kier alpha value is -3.15. The number of nitriles is 1. The highest BCUT2D eigenvalue weighted by Gasteiger charge is 2.25. The Bertz CT molecular complexity index is 979. The van der Waals surface area contributed by atoms with Gasteiger partial charge in [-0.2, -0.15) is 5.26 Å². The van der Waals surface area contributed by atoms with E-state index < -0.39 is 12.0 Å². The van der Waals surface area contributed by atoms with E-state index in [9.17, 15) is 14.9 Å². The van der Waals surface area contributed by atoms with Gasteiger partial charge in [0, 0.05) is 16.3 Å². The quantitative estimate of drug-likeness (QED) is 0.343. The number of ether oxygens (including phenoxy) is 1. The van der Waals surface area contributed by atoms with Crippen LogP contribution >= 0.6 is 22.7 Å². The maximum Gasteiger partial charge on any atom is 0.407 e. The van der Waals surface area contributed by atoms with E-state index in [-0.39, 0.29) is 12.5 Å². The highest BCUT2D eigenvalue weighted by atomic mass is 32.1. The van der Waals surface area contributed by atoms with Gasteiger partial charge in [0.2, 0.25) is 5.91 Å². The van der Waals surface area contributed by atoms with Crippen molar-refractivity contribution in [3.63, 3.8) is 0 Å². The number of hydrogen-bond donors (Lipinski definition) is 1. The summed E-state index contributed by atoms with van der Waals surface area (Å²) in [6, 6.07) is 19.7. The first-order valence-corrected chi connectivity index (χ1v) is 12.6. The van der Waals surface area contributed by atoms with E-state index in [0.29, 0.717) is 38.9 Å². The number of carbonyl (C=O) groups excluding carboxylic acids is 2. The highest BCUT2D eigenvalue weighted by Crippen LogP contribution is 2.21. The first-order chi connectivity index (χ1) is 16.2. The van der Waals surface area contributed by atoms with Gasteiger partial charge in [0.05, 0.1) is 25.8 Å². The number of thiophene rings is 2. The minimum Gasteiger partial charge on any atom is -0.450 e. The summed E-state index contributed by atoms with van der Waals surface area (Å²) >= 11 is 3.20. The minimum absolute atomic E-state index is 0.152. The van der Waals surface area contributed by atoms with Crippen molar-refractivity contribution in [2.45, 2.75) is 38.9 Å². The molecule has 2 amide bonds. The molecule has 1 N–H and O–H groups in total. The second-order valence-electron chi connectivity index (χ2n) is 7.51. The average molecular weight is 482 g/mol. The molecule has 6 nitrogen and oxygen atoms in total. The monoisotopic (exact) mass is 481 g/mol. The third-order valence-electron chi connectivity index (χ3n) is 5.02. The molecule has 0 aliphatic carbocycles. The molecule has 0 aliphatic rings. The van der Waals surface area contributed by atoms with Crippen LogP contribution in [-0.2, 0) is 29.2 Å². The lowest BCUT2D eigenvalue weighted by molar-refractivity contribution is -0.135. The van der Waals surface area contributed by atoms with Crippen LogP contribution in [0, 0.1) is 17.2 Å². The van der Waals surface area contributed by atoms with Crippen molar-refractivity contribution >= 4 is 34.7 Å². The lowest BCUT2D eigenvalue weighted by Gasteiger charge is -2.24. The van der Waals surface area contributed by atoms with Crippen molar-refractivity contribution in [1.29, 1.82) is 5.26 Å². The number of unbranched alkanes of at least 4 members (excludes halogenated alkanes) is 1. The van der Waals surface area contributed by atoms with Crippen molar-refractivity contribution in [3.8, 4) is 6.07 Å². The predicted molar refractivity (Wildman–Crippen MR) is 130 cm³/mol. The van der Waals surface area contributed by atoms with Crippen LogP contribution in [0.4, 0.5) is 4.79 Å². The van der Waals surface area contributed by atoms with Gasteiger partial charge in [-0.05, 0) is 47.7 Å². The standard InChI is InChI=1S/C25H27N3O3S2/c26-16-21(10-4-5-13-31-25(30)27-17-20-8-2-1-3-9-20)24(29)28(18-22-11-6-14-32-22)19-23-12-7-15-33-23/h1-3,6-9,11-12,14-15,21H,4-5,10,13,17-19H2,(H,27,30)/t21-/m0/s1. The van der Waals surface area contributed by atoms with Gasteiger partial charge in [-0.25, -0.2) is 4.79 Å². The van der Waals surface area contributed by atoms with Crippen LogP contribution in [0.1, 0.15) is 34.6 Å². The van der Waals surface area contributed by atoms with Crippen LogP contribution in [0.5, 0.6) is 0 Å². The Labute approximate surface area is 202 Å². The number of hydrogen-bond acceptors (Lipinski definition) is 6. The van der Waals surface area contributed by atoms with E-state index >= 15 is 0 Å². The largest absolute Gasteiger partial charge is 0.450 e. The molecule has 0 radical (unpaired) electrons. The lowest BCUT2D eigenvalue weighted by atomic mass is 10.0. The molecule has 1 aromatic carbocycles. The fraction of sp³-hybridized carbons (Fsp3) is 0.320. The van der Waals surface area contributed by atoms with Gasteiger partial charge in [0.1, 0.15) is 5.92 Å². The Kier molecular flexibility index (Phi) is 9.95. The van der Waals surface area contributed by atoms with E-state index in [0.717, 1.165) is 15.3 Å². The van der Waals surface area contributed by atoms with E-state index in [1.54, 1.807) is 27.6 Å². The fourth-order valence-electron chi connectivity index (χ4n) is 3.29. The third kappa shape index (κ3) is 8.37. The van der Waals surface area contributed by atoms with Crippen LogP contribution in [-0.4, -0.2) is 23.5 Å². The predicted octanol–water partition coefficient (Wildman–Crippen LogP) is 5.57. The van der Waals surface area contributed by atoms with Crippen LogP contribution < -0.4 is 5.32 Å². The lowest BCUT2D eigenvalue weighted by Crippen LogP contribution is -2.34. The van der Waals surface area contributed by atoms with Crippen molar-refractivity contribution < 1.29 is 14.3 Å². The Morgan fingerprint density at radius 3 is 2.21 bits per heavy atom. The molecular weight excluding hydrogens is 454 g/mol. The summed E-state index contributed by atoms with van der Waals surface area (Å²) < 4.78 is 5.20. The number of amides is 2. The maximum atomic E-state index is 13.1. The van der Waals surface area contributed by atoms with Gasteiger partial charge >= 0.3 is 6.09 Å². The molecule has 3 rings (SSSR count). The van der Waals surface area contributed by atoms with Crippen molar-refractivity contribution in [2.75, 3.05) is 6.61 Å². The molecule has 0 fully saturated rings. The van der Waals surface area contributed by atoms with Crippen molar-refractivity contribution in [3.05, 3.63) is 80.7 Å². The first-order valence-electron chi connectivity index (χ1n) is 10.8. The molecule has 33 heavy (non-hydrogen) atoms. The Morgan fingerprint density at radius 2 is 1.64 bits per heavy atom. The second-order valence-corrected chi connectivity index (χ2v) is 9.57. The van der Waals surface area contributed by atoms with Gasteiger partial charge in [-0.3, -0.25) is 4.79 Å². The summed E-state index contributed by atoms with van der Waals surface area (Å²) in [5.74, 6) is -0.863. The Balaban J connectivity index is 1.42. The molecule has 172 valence electrons. The number of alkyl carbamates (subject to hydrolysis) is 1. The topological polar surface area (TPSA) is 82.4 Å². The average Bonchev–Trinajstić information content (AvgIpc) is 3.54. The molecule has 8 heteroatoms. The molecule has 0 aliphatic heterocycles. The summed E-state index contributed by atoms with van der Waals surface area (Å²) in [7, 11) is 0. The summed E-state index contributed by atoms with van der Waals surface area (Å²) in [6.45, 7) is 1.66. The van der Waals surface area contributed by atoms with E-state index in [1.165, 1.54) is 0 Å².